The van der Waals surface area contributed by atoms with Crippen LogP contribution >= 0.6 is 0 Å². The lowest BCUT2D eigenvalue weighted by molar-refractivity contribution is -0.141. The van der Waals surface area contributed by atoms with Crippen molar-refractivity contribution in [2.45, 2.75) is 53.6 Å². The normalized spacial score (nSPS) is 20.9. The van der Waals surface area contributed by atoms with Gasteiger partial charge >= 0.3 is 5.97 Å². The van der Waals surface area contributed by atoms with Crippen LogP contribution < -0.4 is 9.64 Å². The van der Waals surface area contributed by atoms with Gasteiger partial charge in [-0.2, -0.15) is 0 Å². The van der Waals surface area contributed by atoms with Crippen LogP contribution in [-0.2, 0) is 25.7 Å². The smallest absolute Gasteiger partial charge is 0.308 e. The molecule has 0 bridgehead atoms. The van der Waals surface area contributed by atoms with E-state index in [4.69, 9.17) is 4.74 Å². The fraction of sp³-hybridized carbons (Fsp3) is 0.407. The monoisotopic (exact) mass is 462 g/mol. The van der Waals surface area contributed by atoms with Crippen LogP contribution in [0.3, 0.4) is 0 Å². The highest BCUT2D eigenvalue weighted by atomic mass is 16.5. The summed E-state index contributed by atoms with van der Waals surface area (Å²) < 4.78 is 5.03. The van der Waals surface area contributed by atoms with E-state index in [0.29, 0.717) is 11.4 Å². The lowest BCUT2D eigenvalue weighted by Gasteiger charge is -2.29. The highest BCUT2D eigenvalue weighted by Gasteiger charge is 2.69. The Bertz CT molecular complexity index is 1120. The molecule has 1 atom stereocenters. The highest BCUT2D eigenvalue weighted by molar-refractivity contribution is 6.23. The molecule has 0 aromatic heterocycles. The Morgan fingerprint density at radius 2 is 1.56 bits per heavy atom. The number of amides is 3. The van der Waals surface area contributed by atoms with Gasteiger partial charge in [0.25, 0.3) is 5.91 Å². The van der Waals surface area contributed by atoms with Crippen LogP contribution in [0.4, 0.5) is 5.69 Å². The molecule has 2 aliphatic rings. The Balaban J connectivity index is 1.63. The van der Waals surface area contributed by atoms with E-state index in [1.54, 1.807) is 17.0 Å². The SMILES string of the molecule is CC(=O)Oc1ccc(N2C(=O)CC(N(Cc3ccccc3)C(=O)C3C(C)(C)C3(C)C)C2=O)cc1. The third-order valence-corrected chi connectivity index (χ3v) is 7.60. The molecule has 7 nitrogen and oxygen atoms in total. The molecule has 0 N–H and O–H groups in total. The van der Waals surface area contributed by atoms with E-state index < -0.39 is 17.9 Å². The summed E-state index contributed by atoms with van der Waals surface area (Å²) >= 11 is 0. The number of nitrogens with zero attached hydrogens (tertiary/aromatic N) is 2. The van der Waals surface area contributed by atoms with Gasteiger partial charge in [0, 0.05) is 19.4 Å². The van der Waals surface area contributed by atoms with Gasteiger partial charge in [-0.15, -0.1) is 0 Å². The molecule has 0 spiro atoms. The van der Waals surface area contributed by atoms with Gasteiger partial charge < -0.3 is 9.64 Å². The third-order valence-electron chi connectivity index (χ3n) is 7.60. The summed E-state index contributed by atoms with van der Waals surface area (Å²) in [5, 5.41) is 0. The van der Waals surface area contributed by atoms with Gasteiger partial charge in [0.15, 0.2) is 0 Å². The molecule has 0 radical (unpaired) electrons. The molecular weight excluding hydrogens is 432 g/mol. The average Bonchev–Trinajstić information content (AvgIpc) is 3.01. The molecule has 1 aliphatic carbocycles. The second-order valence-electron chi connectivity index (χ2n) is 10.2. The zero-order chi connectivity index (χ0) is 24.8. The topological polar surface area (TPSA) is 84.0 Å². The largest absolute Gasteiger partial charge is 0.427 e. The molecule has 1 unspecified atom stereocenters. The zero-order valence-corrected chi connectivity index (χ0v) is 20.2. The first-order valence-corrected chi connectivity index (χ1v) is 11.4. The molecule has 1 aliphatic heterocycles. The van der Waals surface area contributed by atoms with Crippen LogP contribution in [0.1, 0.15) is 46.6 Å². The number of benzene rings is 2. The number of carbonyl (C=O) groups is 4. The van der Waals surface area contributed by atoms with E-state index >= 15 is 0 Å². The maximum Gasteiger partial charge on any atom is 0.308 e. The lowest BCUT2D eigenvalue weighted by Crippen LogP contribution is -2.46. The van der Waals surface area contributed by atoms with Crippen LogP contribution in [0.15, 0.2) is 54.6 Å². The molecule has 1 saturated heterocycles. The van der Waals surface area contributed by atoms with Gasteiger partial charge in [-0.25, -0.2) is 4.90 Å². The van der Waals surface area contributed by atoms with E-state index in [-0.39, 0.29) is 41.5 Å². The number of carbonyl (C=O) groups excluding carboxylic acids is 4. The van der Waals surface area contributed by atoms with E-state index in [9.17, 15) is 19.2 Å². The molecule has 178 valence electrons. The summed E-state index contributed by atoms with van der Waals surface area (Å²) in [5.41, 5.74) is 0.887. The average molecular weight is 463 g/mol. The van der Waals surface area contributed by atoms with Gasteiger partial charge in [0.2, 0.25) is 11.8 Å². The van der Waals surface area contributed by atoms with Crippen LogP contribution in [0, 0.1) is 16.7 Å². The minimum atomic E-state index is -0.874. The predicted molar refractivity (Wildman–Crippen MR) is 127 cm³/mol. The fourth-order valence-corrected chi connectivity index (χ4v) is 5.06. The van der Waals surface area contributed by atoms with Crippen molar-refractivity contribution in [2.24, 2.45) is 16.7 Å². The first kappa shape index (κ1) is 23.7. The van der Waals surface area contributed by atoms with E-state index in [1.165, 1.54) is 19.1 Å². The van der Waals surface area contributed by atoms with Crippen molar-refractivity contribution < 1.29 is 23.9 Å². The first-order valence-electron chi connectivity index (χ1n) is 11.4. The number of ether oxygens (including phenoxy) is 1. The summed E-state index contributed by atoms with van der Waals surface area (Å²) in [5.74, 6) is -1.25. The number of rotatable bonds is 6. The minimum absolute atomic E-state index is 0.0727. The molecule has 2 fully saturated rings. The molecule has 4 rings (SSSR count). The minimum Gasteiger partial charge on any atom is -0.427 e. The molecule has 2 aromatic rings. The maximum absolute atomic E-state index is 13.8. The number of hydrogen-bond acceptors (Lipinski definition) is 5. The second kappa shape index (κ2) is 8.38. The van der Waals surface area contributed by atoms with Crippen LogP contribution in [0.2, 0.25) is 0 Å². The van der Waals surface area contributed by atoms with Gasteiger partial charge in [0.05, 0.1) is 12.1 Å². The quantitative estimate of drug-likeness (QED) is 0.369. The van der Waals surface area contributed by atoms with Crippen molar-refractivity contribution >= 4 is 29.4 Å². The summed E-state index contributed by atoms with van der Waals surface area (Å²) in [6.45, 7) is 9.81. The Kier molecular flexibility index (Phi) is 5.84. The van der Waals surface area contributed by atoms with E-state index in [1.807, 2.05) is 30.3 Å². The molecule has 34 heavy (non-hydrogen) atoms. The van der Waals surface area contributed by atoms with Gasteiger partial charge in [-0.05, 0) is 40.7 Å². The highest BCUT2D eigenvalue weighted by Crippen LogP contribution is 2.69. The summed E-state index contributed by atoms with van der Waals surface area (Å²) in [6.07, 6.45) is -0.0727. The Morgan fingerprint density at radius 1 is 0.971 bits per heavy atom. The second-order valence-corrected chi connectivity index (χ2v) is 10.2. The standard InChI is InChI=1S/C27H30N2O5/c1-17(30)34-20-13-11-19(12-14-20)29-22(31)15-21(24(29)32)28(16-18-9-7-6-8-10-18)25(33)23-26(2,3)27(23,4)5/h6-14,21,23H,15-16H2,1-5H3. The van der Waals surface area contributed by atoms with E-state index in [0.717, 1.165) is 10.5 Å². The molecule has 1 saturated carbocycles. The van der Waals surface area contributed by atoms with Gasteiger partial charge in [0.1, 0.15) is 11.8 Å². The number of anilines is 1. The Labute approximate surface area is 199 Å². The number of esters is 1. The van der Waals surface area contributed by atoms with Crippen LogP contribution in [0.25, 0.3) is 0 Å². The summed E-state index contributed by atoms with van der Waals surface area (Å²) in [6, 6.07) is 14.8. The first-order chi connectivity index (χ1) is 15.9. The summed E-state index contributed by atoms with van der Waals surface area (Å²) in [7, 11) is 0. The van der Waals surface area contributed by atoms with Crippen LogP contribution in [0.5, 0.6) is 5.75 Å². The molecule has 7 heteroatoms. The van der Waals surface area contributed by atoms with Crippen molar-refractivity contribution in [2.75, 3.05) is 4.90 Å². The molecule has 2 aromatic carbocycles. The zero-order valence-electron chi connectivity index (χ0n) is 20.2. The summed E-state index contributed by atoms with van der Waals surface area (Å²) in [4.78, 5) is 54.1. The number of imide groups is 1. The number of hydrogen-bond donors (Lipinski definition) is 0. The fourth-order valence-electron chi connectivity index (χ4n) is 5.06. The Hall–Kier alpha value is -3.48. The molecular formula is C27H30N2O5. The third kappa shape index (κ3) is 4.00. The van der Waals surface area contributed by atoms with Crippen molar-refractivity contribution in [3.05, 3.63) is 60.2 Å². The van der Waals surface area contributed by atoms with Gasteiger partial charge in [-0.3, -0.25) is 19.2 Å². The lowest BCUT2D eigenvalue weighted by atomic mass is 10.0. The molecule has 3 amide bonds. The Morgan fingerprint density at radius 3 is 2.09 bits per heavy atom. The van der Waals surface area contributed by atoms with E-state index in [2.05, 4.69) is 27.7 Å². The van der Waals surface area contributed by atoms with Crippen molar-refractivity contribution in [3.8, 4) is 5.75 Å². The van der Waals surface area contributed by atoms with Gasteiger partial charge in [-0.1, -0.05) is 58.0 Å². The van der Waals surface area contributed by atoms with Crippen molar-refractivity contribution in [3.63, 3.8) is 0 Å². The maximum atomic E-state index is 13.8. The van der Waals surface area contributed by atoms with Crippen molar-refractivity contribution in [1.82, 2.24) is 4.90 Å². The van der Waals surface area contributed by atoms with Crippen LogP contribution in [-0.4, -0.2) is 34.6 Å². The predicted octanol–water partition coefficient (Wildman–Crippen LogP) is 3.95. The molecule has 1 heterocycles. The van der Waals surface area contributed by atoms with Crippen molar-refractivity contribution in [1.29, 1.82) is 0 Å².